The van der Waals surface area contributed by atoms with Crippen LogP contribution in [0.4, 0.5) is 0 Å². The van der Waals surface area contributed by atoms with Gasteiger partial charge in [0.2, 0.25) is 0 Å². The number of piperidine rings is 1. The lowest BCUT2D eigenvalue weighted by molar-refractivity contribution is -0.111. The molecule has 2 aliphatic rings. The molecule has 2 saturated heterocycles. The van der Waals surface area contributed by atoms with Gasteiger partial charge >= 0.3 is 0 Å². The maximum absolute atomic E-state index is 6.34. The van der Waals surface area contributed by atoms with Crippen LogP contribution in [0.5, 0.6) is 0 Å². The Morgan fingerprint density at radius 1 is 1.16 bits per heavy atom. The molecule has 2 aliphatic heterocycles. The van der Waals surface area contributed by atoms with E-state index in [1.807, 2.05) is 0 Å². The average Bonchev–Trinajstić information content (AvgIpc) is 2.47. The molecule has 0 amide bonds. The number of nitrogens with two attached hydrogens (primary N) is 1. The molecule has 3 unspecified atom stereocenters. The standard InChI is InChI=1S/C16H32N2O/c1-12-7-8-18(9-13(12)2)16(11-17)10-14(3,4)19-15(16,5)6/h12-13H,7-11,17H2,1-6H3. The summed E-state index contributed by atoms with van der Waals surface area (Å²) in [5.41, 5.74) is 6.00. The summed E-state index contributed by atoms with van der Waals surface area (Å²) in [4.78, 5) is 2.63. The van der Waals surface area contributed by atoms with E-state index < -0.39 is 0 Å². The second-order valence-electron chi connectivity index (χ2n) is 7.97. The highest BCUT2D eigenvalue weighted by molar-refractivity contribution is 5.13. The van der Waals surface area contributed by atoms with Crippen LogP contribution in [-0.4, -0.2) is 41.3 Å². The van der Waals surface area contributed by atoms with Gasteiger partial charge in [-0.2, -0.15) is 0 Å². The van der Waals surface area contributed by atoms with E-state index in [2.05, 4.69) is 46.4 Å². The van der Waals surface area contributed by atoms with Crippen LogP contribution in [0.25, 0.3) is 0 Å². The SMILES string of the molecule is CC1CCN(C2(CN)CC(C)(C)OC2(C)C)CC1C. The Bertz CT molecular complexity index is 340. The Hall–Kier alpha value is -0.120. The van der Waals surface area contributed by atoms with Crippen molar-refractivity contribution in [2.24, 2.45) is 17.6 Å². The minimum atomic E-state index is -0.175. The van der Waals surface area contributed by atoms with Crippen LogP contribution in [0.3, 0.4) is 0 Å². The smallest absolute Gasteiger partial charge is 0.0830 e. The molecule has 112 valence electrons. The first-order valence-electron chi connectivity index (χ1n) is 7.79. The van der Waals surface area contributed by atoms with Crippen molar-refractivity contribution in [3.05, 3.63) is 0 Å². The van der Waals surface area contributed by atoms with Crippen LogP contribution in [-0.2, 0) is 4.74 Å². The zero-order chi connectivity index (χ0) is 14.5. The monoisotopic (exact) mass is 268 g/mol. The van der Waals surface area contributed by atoms with Crippen molar-refractivity contribution in [1.29, 1.82) is 0 Å². The Labute approximate surface area is 118 Å². The lowest BCUT2D eigenvalue weighted by Gasteiger charge is -2.51. The van der Waals surface area contributed by atoms with Crippen molar-refractivity contribution in [2.45, 2.75) is 71.1 Å². The molecule has 0 aliphatic carbocycles. The van der Waals surface area contributed by atoms with Crippen LogP contribution < -0.4 is 5.73 Å². The van der Waals surface area contributed by atoms with Crippen LogP contribution in [0.2, 0.25) is 0 Å². The largest absolute Gasteiger partial charge is 0.368 e. The van der Waals surface area contributed by atoms with Gasteiger partial charge in [0.25, 0.3) is 0 Å². The van der Waals surface area contributed by atoms with E-state index in [-0.39, 0.29) is 16.7 Å². The van der Waals surface area contributed by atoms with Gasteiger partial charge in [-0.25, -0.2) is 0 Å². The normalized spacial score (nSPS) is 42.5. The summed E-state index contributed by atoms with van der Waals surface area (Å²) in [6.45, 7) is 16.6. The van der Waals surface area contributed by atoms with Gasteiger partial charge in [-0.15, -0.1) is 0 Å². The number of likely N-dealkylation sites (tertiary alicyclic amines) is 1. The lowest BCUT2D eigenvalue weighted by Crippen LogP contribution is -2.65. The van der Waals surface area contributed by atoms with Crippen LogP contribution in [0.15, 0.2) is 0 Å². The highest BCUT2D eigenvalue weighted by Gasteiger charge is 2.59. The third-order valence-electron chi connectivity index (χ3n) is 5.65. The minimum Gasteiger partial charge on any atom is -0.368 e. The number of hydrogen-bond donors (Lipinski definition) is 1. The summed E-state index contributed by atoms with van der Waals surface area (Å²) in [6.07, 6.45) is 2.31. The third kappa shape index (κ3) is 2.45. The Balaban J connectivity index is 2.28. The van der Waals surface area contributed by atoms with E-state index in [9.17, 15) is 0 Å². The molecular formula is C16H32N2O. The van der Waals surface area contributed by atoms with Gasteiger partial charge in [-0.3, -0.25) is 4.90 Å². The number of ether oxygens (including phenoxy) is 1. The molecule has 2 heterocycles. The zero-order valence-electron chi connectivity index (χ0n) is 13.6. The molecule has 3 nitrogen and oxygen atoms in total. The van der Waals surface area contributed by atoms with Crippen molar-refractivity contribution >= 4 is 0 Å². The summed E-state index contributed by atoms with van der Waals surface area (Å²) < 4.78 is 6.34. The maximum Gasteiger partial charge on any atom is 0.0830 e. The molecule has 0 spiro atoms. The Morgan fingerprint density at radius 3 is 2.21 bits per heavy atom. The second-order valence-corrected chi connectivity index (χ2v) is 7.97. The van der Waals surface area contributed by atoms with Crippen LogP contribution in [0.1, 0.15) is 54.4 Å². The predicted octanol–water partition coefficient (Wildman–Crippen LogP) is 2.64. The van der Waals surface area contributed by atoms with Gasteiger partial charge in [0.05, 0.1) is 16.7 Å². The molecule has 3 atom stereocenters. The average molecular weight is 268 g/mol. The first-order chi connectivity index (χ1) is 8.63. The zero-order valence-corrected chi connectivity index (χ0v) is 13.6. The van der Waals surface area contributed by atoms with Gasteiger partial charge in [0.1, 0.15) is 0 Å². The number of hydrogen-bond acceptors (Lipinski definition) is 3. The van der Waals surface area contributed by atoms with Crippen molar-refractivity contribution in [3.8, 4) is 0 Å². The molecule has 3 heteroatoms. The van der Waals surface area contributed by atoms with Gasteiger partial charge < -0.3 is 10.5 Å². The first kappa shape index (κ1) is 15.3. The first-order valence-corrected chi connectivity index (χ1v) is 7.79. The quantitative estimate of drug-likeness (QED) is 0.837. The van der Waals surface area contributed by atoms with Crippen molar-refractivity contribution in [2.75, 3.05) is 19.6 Å². The molecule has 2 fully saturated rings. The highest BCUT2D eigenvalue weighted by Crippen LogP contribution is 2.49. The number of nitrogens with zero attached hydrogens (tertiary/aromatic N) is 1. The molecule has 2 N–H and O–H groups in total. The Morgan fingerprint density at radius 2 is 1.79 bits per heavy atom. The molecule has 0 aromatic carbocycles. The fourth-order valence-corrected chi connectivity index (χ4v) is 4.33. The van der Waals surface area contributed by atoms with E-state index in [0.717, 1.165) is 31.3 Å². The highest BCUT2D eigenvalue weighted by atomic mass is 16.5. The van der Waals surface area contributed by atoms with E-state index in [1.165, 1.54) is 6.42 Å². The van der Waals surface area contributed by atoms with E-state index >= 15 is 0 Å². The minimum absolute atomic E-state index is 0.00903. The van der Waals surface area contributed by atoms with E-state index in [1.54, 1.807) is 0 Å². The fourth-order valence-electron chi connectivity index (χ4n) is 4.33. The van der Waals surface area contributed by atoms with Crippen LogP contribution >= 0.6 is 0 Å². The molecule has 19 heavy (non-hydrogen) atoms. The van der Waals surface area contributed by atoms with Gasteiger partial charge in [-0.1, -0.05) is 13.8 Å². The van der Waals surface area contributed by atoms with E-state index in [4.69, 9.17) is 10.5 Å². The summed E-state index contributed by atoms with van der Waals surface area (Å²) >= 11 is 0. The van der Waals surface area contributed by atoms with E-state index in [0.29, 0.717) is 6.54 Å². The summed E-state index contributed by atoms with van der Waals surface area (Å²) in [5.74, 6) is 1.57. The molecule has 0 aromatic heterocycles. The predicted molar refractivity (Wildman–Crippen MR) is 80.2 cm³/mol. The van der Waals surface area contributed by atoms with Gasteiger partial charge in [-0.05, 0) is 58.9 Å². The molecule has 0 bridgehead atoms. The molecular weight excluding hydrogens is 236 g/mol. The van der Waals surface area contributed by atoms with Crippen molar-refractivity contribution in [3.63, 3.8) is 0 Å². The lowest BCUT2D eigenvalue weighted by atomic mass is 9.75. The van der Waals surface area contributed by atoms with Gasteiger partial charge in [0, 0.05) is 13.1 Å². The second kappa shape index (κ2) is 4.71. The molecule has 2 rings (SSSR count). The van der Waals surface area contributed by atoms with Crippen molar-refractivity contribution < 1.29 is 4.74 Å². The molecule has 0 aromatic rings. The number of rotatable bonds is 2. The van der Waals surface area contributed by atoms with Crippen molar-refractivity contribution in [1.82, 2.24) is 4.90 Å². The van der Waals surface area contributed by atoms with Gasteiger partial charge in [0.15, 0.2) is 0 Å². The maximum atomic E-state index is 6.34. The Kier molecular flexibility index (Phi) is 3.79. The topological polar surface area (TPSA) is 38.5 Å². The summed E-state index contributed by atoms with van der Waals surface area (Å²) in [7, 11) is 0. The summed E-state index contributed by atoms with van der Waals surface area (Å²) in [6, 6.07) is 0. The molecule has 0 saturated carbocycles. The fraction of sp³-hybridized carbons (Fsp3) is 1.00. The third-order valence-corrected chi connectivity index (χ3v) is 5.65. The van der Waals surface area contributed by atoms with Crippen LogP contribution in [0, 0.1) is 11.8 Å². The molecule has 0 radical (unpaired) electrons. The summed E-state index contributed by atoms with van der Waals surface area (Å²) in [5, 5.41) is 0.